The largest absolute Gasteiger partial charge is 0.464 e. The van der Waals surface area contributed by atoms with Crippen LogP contribution in [0.25, 0.3) is 11.2 Å². The van der Waals surface area contributed by atoms with Crippen LogP contribution in [0.5, 0.6) is 0 Å². The maximum Gasteiger partial charge on any atom is 0.431 e. The van der Waals surface area contributed by atoms with E-state index < -0.39 is 11.8 Å². The van der Waals surface area contributed by atoms with Crippen molar-refractivity contribution in [1.29, 1.82) is 0 Å². The van der Waals surface area contributed by atoms with Crippen molar-refractivity contribution in [2.45, 2.75) is 0 Å². The van der Waals surface area contributed by atoms with Crippen LogP contribution in [-0.4, -0.2) is 20.8 Å². The molecule has 14 heavy (non-hydrogen) atoms. The van der Waals surface area contributed by atoms with Crippen molar-refractivity contribution in [2.24, 2.45) is 0 Å². The molecule has 0 amide bonds. The zero-order chi connectivity index (χ0) is 10.3. The van der Waals surface area contributed by atoms with Crippen molar-refractivity contribution >= 4 is 33.3 Å². The standard InChI is InChI=1S/C7H3BrN2O4/c8-3-1-4-5(9-2-3)10(6(11)12)7(13)14-4/h1-2H,(H,11,12). The van der Waals surface area contributed by atoms with Gasteiger partial charge in [0.05, 0.1) is 0 Å². The van der Waals surface area contributed by atoms with E-state index in [0.717, 1.165) is 0 Å². The molecule has 0 fully saturated rings. The second-order valence-corrected chi connectivity index (χ2v) is 3.38. The third kappa shape index (κ3) is 1.22. The lowest BCUT2D eigenvalue weighted by Gasteiger charge is -1.91. The number of fused-ring (bicyclic) bond motifs is 1. The van der Waals surface area contributed by atoms with Crippen LogP contribution in [0, 0.1) is 0 Å². The minimum Gasteiger partial charge on any atom is -0.464 e. The fraction of sp³-hybridized carbons (Fsp3) is 0. The van der Waals surface area contributed by atoms with Gasteiger partial charge in [-0.3, -0.25) is 0 Å². The van der Waals surface area contributed by atoms with Crippen molar-refractivity contribution in [3.63, 3.8) is 0 Å². The molecule has 0 aliphatic carbocycles. The highest BCUT2D eigenvalue weighted by atomic mass is 79.9. The Morgan fingerprint density at radius 3 is 3.00 bits per heavy atom. The molecule has 0 saturated heterocycles. The molecule has 0 aliphatic rings. The van der Waals surface area contributed by atoms with Crippen LogP contribution in [-0.2, 0) is 0 Å². The van der Waals surface area contributed by atoms with Crippen molar-refractivity contribution in [3.8, 4) is 0 Å². The summed E-state index contributed by atoms with van der Waals surface area (Å²) in [6.45, 7) is 0. The number of rotatable bonds is 0. The smallest absolute Gasteiger partial charge is 0.431 e. The number of nitrogens with zero attached hydrogens (tertiary/aromatic N) is 2. The summed E-state index contributed by atoms with van der Waals surface area (Å²) in [5.74, 6) is -0.960. The molecule has 0 spiro atoms. The topological polar surface area (TPSA) is 85.3 Å². The van der Waals surface area contributed by atoms with Gasteiger partial charge < -0.3 is 9.52 Å². The van der Waals surface area contributed by atoms with E-state index in [1.165, 1.54) is 12.3 Å². The highest BCUT2D eigenvalue weighted by Crippen LogP contribution is 2.15. The summed E-state index contributed by atoms with van der Waals surface area (Å²) in [5, 5.41) is 8.67. The first-order valence-electron chi connectivity index (χ1n) is 3.50. The molecule has 0 bridgehead atoms. The lowest BCUT2D eigenvalue weighted by molar-refractivity contribution is 0.195. The lowest BCUT2D eigenvalue weighted by atomic mass is 10.4. The summed E-state index contributed by atoms with van der Waals surface area (Å²) < 4.78 is 5.73. The Labute approximate surface area is 84.9 Å². The van der Waals surface area contributed by atoms with Crippen LogP contribution in [0.4, 0.5) is 4.79 Å². The predicted molar refractivity (Wildman–Crippen MR) is 49.4 cm³/mol. The van der Waals surface area contributed by atoms with Crippen LogP contribution in [0.2, 0.25) is 0 Å². The van der Waals surface area contributed by atoms with Gasteiger partial charge in [-0.25, -0.2) is 14.6 Å². The molecule has 0 radical (unpaired) electrons. The number of oxazole rings is 1. The monoisotopic (exact) mass is 258 g/mol. The minimum atomic E-state index is -1.41. The normalized spacial score (nSPS) is 10.6. The van der Waals surface area contributed by atoms with Crippen molar-refractivity contribution in [2.75, 3.05) is 0 Å². The summed E-state index contributed by atoms with van der Waals surface area (Å²) >= 11 is 3.12. The Morgan fingerprint density at radius 1 is 1.64 bits per heavy atom. The van der Waals surface area contributed by atoms with Crippen LogP contribution < -0.4 is 5.76 Å². The van der Waals surface area contributed by atoms with Gasteiger partial charge in [-0.15, -0.1) is 0 Å². The molecule has 0 aromatic carbocycles. The van der Waals surface area contributed by atoms with E-state index in [0.29, 0.717) is 9.04 Å². The highest BCUT2D eigenvalue weighted by molar-refractivity contribution is 9.10. The maximum absolute atomic E-state index is 11.1. The number of hydrogen-bond acceptors (Lipinski definition) is 4. The molecule has 0 aliphatic heterocycles. The summed E-state index contributed by atoms with van der Waals surface area (Å²) in [7, 11) is 0. The molecule has 1 N–H and O–H groups in total. The van der Waals surface area contributed by atoms with Gasteiger partial charge in [-0.1, -0.05) is 0 Å². The summed E-state index contributed by atoms with van der Waals surface area (Å²) in [5.41, 5.74) is 0.123. The third-order valence-electron chi connectivity index (χ3n) is 1.58. The molecule has 6 nitrogen and oxygen atoms in total. The number of hydrogen-bond donors (Lipinski definition) is 1. The van der Waals surface area contributed by atoms with E-state index in [1.807, 2.05) is 0 Å². The molecule has 0 atom stereocenters. The Morgan fingerprint density at radius 2 is 2.36 bits per heavy atom. The maximum atomic E-state index is 11.1. The van der Waals surface area contributed by atoms with Gasteiger partial charge in [0.25, 0.3) is 0 Å². The van der Waals surface area contributed by atoms with E-state index in [4.69, 9.17) is 5.11 Å². The fourth-order valence-electron chi connectivity index (χ4n) is 1.05. The van der Waals surface area contributed by atoms with Gasteiger partial charge >= 0.3 is 11.8 Å². The SMILES string of the molecule is O=C(O)n1c(=O)oc2cc(Br)cnc21. The number of aromatic nitrogens is 2. The number of carbonyl (C=O) groups is 1. The zero-order valence-electron chi connectivity index (χ0n) is 6.60. The van der Waals surface area contributed by atoms with E-state index in [-0.39, 0.29) is 11.2 Å². The molecule has 72 valence electrons. The molecule has 2 aromatic rings. The second-order valence-electron chi connectivity index (χ2n) is 2.46. The number of halogens is 1. The minimum absolute atomic E-state index is 0.00861. The Hall–Kier alpha value is -1.63. The van der Waals surface area contributed by atoms with Crippen LogP contribution >= 0.6 is 15.9 Å². The Kier molecular flexibility index (Phi) is 1.88. The van der Waals surface area contributed by atoms with Crippen molar-refractivity contribution in [3.05, 3.63) is 27.3 Å². The van der Waals surface area contributed by atoms with Gasteiger partial charge in [0.15, 0.2) is 11.2 Å². The number of pyridine rings is 1. The van der Waals surface area contributed by atoms with E-state index in [2.05, 4.69) is 25.3 Å². The Bertz CT molecular complexity index is 571. The lowest BCUT2D eigenvalue weighted by Crippen LogP contribution is -2.21. The van der Waals surface area contributed by atoms with Gasteiger partial charge in [-0.05, 0) is 15.9 Å². The van der Waals surface area contributed by atoms with E-state index >= 15 is 0 Å². The van der Waals surface area contributed by atoms with Crippen molar-refractivity contribution in [1.82, 2.24) is 9.55 Å². The first-order valence-corrected chi connectivity index (χ1v) is 4.29. The van der Waals surface area contributed by atoms with Gasteiger partial charge in [0.1, 0.15) is 0 Å². The van der Waals surface area contributed by atoms with E-state index in [9.17, 15) is 9.59 Å². The summed E-state index contributed by atoms with van der Waals surface area (Å²) in [4.78, 5) is 25.4. The fourth-order valence-corrected chi connectivity index (χ4v) is 1.36. The average molecular weight is 259 g/mol. The quantitative estimate of drug-likeness (QED) is 0.770. The molecule has 0 unspecified atom stereocenters. The van der Waals surface area contributed by atoms with E-state index in [1.54, 1.807) is 0 Å². The molecule has 2 heterocycles. The predicted octanol–water partition coefficient (Wildman–Crippen LogP) is 1.28. The molecule has 0 saturated carbocycles. The van der Waals surface area contributed by atoms with Gasteiger partial charge in [-0.2, -0.15) is 4.57 Å². The second kappa shape index (κ2) is 2.95. The molecule has 7 heteroatoms. The Balaban J connectivity index is 2.91. The first-order chi connectivity index (χ1) is 6.59. The zero-order valence-corrected chi connectivity index (χ0v) is 8.19. The highest BCUT2D eigenvalue weighted by Gasteiger charge is 2.15. The van der Waals surface area contributed by atoms with Crippen LogP contribution in [0.1, 0.15) is 0 Å². The van der Waals surface area contributed by atoms with Crippen LogP contribution in [0.3, 0.4) is 0 Å². The summed E-state index contributed by atoms with van der Waals surface area (Å²) in [6.07, 6.45) is -0.0277. The third-order valence-corrected chi connectivity index (χ3v) is 2.02. The molecule has 2 aromatic heterocycles. The van der Waals surface area contributed by atoms with Crippen molar-refractivity contribution < 1.29 is 14.3 Å². The molecular formula is C7H3BrN2O4. The van der Waals surface area contributed by atoms with Gasteiger partial charge in [0.2, 0.25) is 0 Å². The van der Waals surface area contributed by atoms with Crippen LogP contribution in [0.15, 0.2) is 25.9 Å². The molecule has 2 rings (SSSR count). The average Bonchev–Trinajstić information content (AvgIpc) is 2.39. The molecular weight excluding hydrogens is 256 g/mol. The number of carboxylic acid groups (broad SMARTS) is 1. The summed E-state index contributed by atoms with van der Waals surface area (Å²) in [6, 6.07) is 1.48. The van der Waals surface area contributed by atoms with Gasteiger partial charge in [0, 0.05) is 16.7 Å². The first kappa shape index (κ1) is 8.95.